The molecule has 0 amide bonds. The van der Waals surface area contributed by atoms with Crippen molar-refractivity contribution in [3.05, 3.63) is 224 Å². The number of anilines is 3. The summed E-state index contributed by atoms with van der Waals surface area (Å²) in [7, 11) is 0. The Morgan fingerprint density at radius 2 is 0.719 bits per heavy atom. The molecule has 0 atom stereocenters. The Kier molecular flexibility index (Phi) is 7.82. The molecule has 2 heterocycles. The van der Waals surface area contributed by atoms with Crippen LogP contribution in [-0.4, -0.2) is 9.13 Å². The first-order valence-electron chi connectivity index (χ1n) is 19.5. The van der Waals surface area contributed by atoms with Gasteiger partial charge in [-0.1, -0.05) is 146 Å². The lowest BCUT2D eigenvalue weighted by atomic mass is 10.0. The maximum absolute atomic E-state index is 2.47. The van der Waals surface area contributed by atoms with E-state index in [2.05, 4.69) is 238 Å². The van der Waals surface area contributed by atoms with Gasteiger partial charge in [-0.25, -0.2) is 0 Å². The molecule has 0 aliphatic heterocycles. The molecule has 0 aliphatic carbocycles. The molecule has 0 unspecified atom stereocenters. The van der Waals surface area contributed by atoms with Gasteiger partial charge in [-0.05, 0) is 101 Å². The number of fused-ring (bicyclic) bond motifs is 6. The van der Waals surface area contributed by atoms with Crippen molar-refractivity contribution in [2.24, 2.45) is 0 Å². The van der Waals surface area contributed by atoms with Gasteiger partial charge in [0, 0.05) is 50.0 Å². The van der Waals surface area contributed by atoms with E-state index in [0.717, 1.165) is 34.0 Å². The van der Waals surface area contributed by atoms with Crippen molar-refractivity contribution in [2.75, 3.05) is 4.90 Å². The Bertz CT molecular complexity index is 3200. The Hall–Kier alpha value is -7.62. The van der Waals surface area contributed by atoms with E-state index < -0.39 is 0 Å². The third kappa shape index (κ3) is 5.60. The zero-order valence-corrected chi connectivity index (χ0v) is 31.2. The molecule has 268 valence electrons. The first-order valence-corrected chi connectivity index (χ1v) is 19.5. The fraction of sp³-hybridized carbons (Fsp3) is 0. The van der Waals surface area contributed by atoms with Gasteiger partial charge in [0.2, 0.25) is 0 Å². The van der Waals surface area contributed by atoms with Gasteiger partial charge in [0.25, 0.3) is 0 Å². The van der Waals surface area contributed by atoms with Crippen LogP contribution in [0.5, 0.6) is 0 Å². The summed E-state index contributed by atoms with van der Waals surface area (Å²) >= 11 is 0. The zero-order valence-electron chi connectivity index (χ0n) is 31.2. The van der Waals surface area contributed by atoms with Crippen LogP contribution in [0, 0.1) is 0 Å². The van der Waals surface area contributed by atoms with E-state index in [1.165, 1.54) is 60.3 Å². The van der Waals surface area contributed by atoms with Crippen molar-refractivity contribution in [3.63, 3.8) is 0 Å². The van der Waals surface area contributed by atoms with Gasteiger partial charge in [-0.3, -0.25) is 0 Å². The smallest absolute Gasteiger partial charge is 0.0562 e. The SMILES string of the molecule is c1ccc(-c2ccc(N(c3ccccc3)c3ccc4c5cc6c7ccccc7n(-c7ccccc7)c6cc5n(-c5cccc(-c6ccccc6)c5)c4c3)cc2)cc1. The highest BCUT2D eigenvalue weighted by Gasteiger charge is 2.21. The highest BCUT2D eigenvalue weighted by molar-refractivity contribution is 6.19. The van der Waals surface area contributed by atoms with Crippen LogP contribution in [0.3, 0.4) is 0 Å². The molecule has 0 spiro atoms. The minimum atomic E-state index is 1.09. The van der Waals surface area contributed by atoms with Gasteiger partial charge in [0.1, 0.15) is 0 Å². The Morgan fingerprint density at radius 3 is 1.42 bits per heavy atom. The lowest BCUT2D eigenvalue weighted by molar-refractivity contribution is 1.16. The number of aromatic nitrogens is 2. The number of benzene rings is 9. The third-order valence-electron chi connectivity index (χ3n) is 11.3. The summed E-state index contributed by atoms with van der Waals surface area (Å²) in [6.45, 7) is 0. The van der Waals surface area contributed by atoms with Crippen LogP contribution >= 0.6 is 0 Å². The minimum Gasteiger partial charge on any atom is -0.310 e. The van der Waals surface area contributed by atoms with Gasteiger partial charge in [-0.2, -0.15) is 0 Å². The fourth-order valence-corrected chi connectivity index (χ4v) is 8.65. The van der Waals surface area contributed by atoms with Crippen LogP contribution in [0.4, 0.5) is 17.1 Å². The van der Waals surface area contributed by atoms with Crippen molar-refractivity contribution in [3.8, 4) is 33.6 Å². The van der Waals surface area contributed by atoms with Gasteiger partial charge in [0.15, 0.2) is 0 Å². The average molecular weight is 728 g/mol. The topological polar surface area (TPSA) is 13.1 Å². The van der Waals surface area contributed by atoms with Crippen molar-refractivity contribution in [2.45, 2.75) is 0 Å². The standard InChI is InChI=1S/C54H37N3/c1-5-16-38(17-6-1)40-28-30-44(31-29-40)55(42-21-9-3-10-22-42)46-32-33-48-50-36-49-47-26-13-14-27-51(47)56(43-23-11-4-12-24-43)53(49)37-54(50)57(52(48)35-46)45-25-15-20-41(34-45)39-18-7-2-8-19-39/h1-37H. The maximum Gasteiger partial charge on any atom is 0.0562 e. The van der Waals surface area contributed by atoms with Crippen LogP contribution in [-0.2, 0) is 0 Å². The van der Waals surface area contributed by atoms with Gasteiger partial charge >= 0.3 is 0 Å². The molecular weight excluding hydrogens is 691 g/mol. The van der Waals surface area contributed by atoms with E-state index in [9.17, 15) is 0 Å². The number of rotatable bonds is 7. The molecule has 0 radical (unpaired) electrons. The molecule has 3 heteroatoms. The Labute approximate surface area is 331 Å². The van der Waals surface area contributed by atoms with Crippen LogP contribution in [0.25, 0.3) is 77.2 Å². The molecular formula is C54H37N3. The molecule has 2 aromatic heterocycles. The van der Waals surface area contributed by atoms with Crippen molar-refractivity contribution in [1.82, 2.24) is 9.13 Å². The summed E-state index contributed by atoms with van der Waals surface area (Å²) in [6.07, 6.45) is 0. The lowest BCUT2D eigenvalue weighted by Crippen LogP contribution is -2.10. The molecule has 0 saturated carbocycles. The monoisotopic (exact) mass is 727 g/mol. The van der Waals surface area contributed by atoms with Crippen molar-refractivity contribution < 1.29 is 0 Å². The minimum absolute atomic E-state index is 1.09. The summed E-state index contributed by atoms with van der Waals surface area (Å²) in [6, 6.07) is 81.1. The summed E-state index contributed by atoms with van der Waals surface area (Å²) in [5.74, 6) is 0. The largest absolute Gasteiger partial charge is 0.310 e. The highest BCUT2D eigenvalue weighted by atomic mass is 15.1. The number of nitrogens with zero attached hydrogens (tertiary/aromatic N) is 3. The fourth-order valence-electron chi connectivity index (χ4n) is 8.65. The normalized spacial score (nSPS) is 11.5. The van der Waals surface area contributed by atoms with Crippen LogP contribution in [0.1, 0.15) is 0 Å². The molecule has 0 aliphatic rings. The second-order valence-corrected chi connectivity index (χ2v) is 14.6. The predicted octanol–water partition coefficient (Wildman–Crippen LogP) is 14.7. The second-order valence-electron chi connectivity index (χ2n) is 14.6. The van der Waals surface area contributed by atoms with E-state index in [1.54, 1.807) is 0 Å². The van der Waals surface area contributed by atoms with Crippen LogP contribution in [0.15, 0.2) is 224 Å². The van der Waals surface area contributed by atoms with E-state index in [0.29, 0.717) is 0 Å². The quantitative estimate of drug-likeness (QED) is 0.159. The summed E-state index contributed by atoms with van der Waals surface area (Å²) in [4.78, 5) is 2.37. The number of para-hydroxylation sites is 3. The summed E-state index contributed by atoms with van der Waals surface area (Å²) in [5.41, 5.74) is 15.0. The summed E-state index contributed by atoms with van der Waals surface area (Å²) < 4.78 is 4.88. The summed E-state index contributed by atoms with van der Waals surface area (Å²) in [5, 5.41) is 4.93. The first kappa shape index (κ1) is 32.8. The molecule has 11 rings (SSSR count). The van der Waals surface area contributed by atoms with Crippen molar-refractivity contribution >= 4 is 60.7 Å². The average Bonchev–Trinajstić information content (AvgIpc) is 3.78. The van der Waals surface area contributed by atoms with Crippen molar-refractivity contribution in [1.29, 1.82) is 0 Å². The van der Waals surface area contributed by atoms with E-state index in [1.807, 2.05) is 0 Å². The molecule has 0 N–H and O–H groups in total. The zero-order chi connectivity index (χ0) is 37.7. The van der Waals surface area contributed by atoms with E-state index >= 15 is 0 Å². The van der Waals surface area contributed by atoms with E-state index in [-0.39, 0.29) is 0 Å². The first-order chi connectivity index (χ1) is 28.3. The molecule has 0 bridgehead atoms. The molecule has 11 aromatic rings. The van der Waals surface area contributed by atoms with Gasteiger partial charge in [-0.15, -0.1) is 0 Å². The second kappa shape index (κ2) is 13.6. The molecule has 57 heavy (non-hydrogen) atoms. The predicted molar refractivity (Wildman–Crippen MR) is 241 cm³/mol. The molecule has 9 aromatic carbocycles. The number of hydrogen-bond acceptors (Lipinski definition) is 1. The van der Waals surface area contributed by atoms with E-state index in [4.69, 9.17) is 0 Å². The third-order valence-corrected chi connectivity index (χ3v) is 11.3. The highest BCUT2D eigenvalue weighted by Crippen LogP contribution is 2.43. The molecule has 0 fully saturated rings. The van der Waals surface area contributed by atoms with Crippen LogP contribution < -0.4 is 4.90 Å². The Balaban J connectivity index is 1.18. The Morgan fingerprint density at radius 1 is 0.246 bits per heavy atom. The van der Waals surface area contributed by atoms with Crippen LogP contribution in [0.2, 0.25) is 0 Å². The van der Waals surface area contributed by atoms with Gasteiger partial charge < -0.3 is 14.0 Å². The lowest BCUT2D eigenvalue weighted by Gasteiger charge is -2.26. The maximum atomic E-state index is 2.47. The molecule has 3 nitrogen and oxygen atoms in total. The van der Waals surface area contributed by atoms with Gasteiger partial charge in [0.05, 0.1) is 22.1 Å². The molecule has 0 saturated heterocycles. The number of hydrogen-bond donors (Lipinski definition) is 0.